The first-order valence-electron chi connectivity index (χ1n) is 8.37. The summed E-state index contributed by atoms with van der Waals surface area (Å²) in [5, 5.41) is 2.90. The lowest BCUT2D eigenvalue weighted by molar-refractivity contribution is -0.138. The van der Waals surface area contributed by atoms with E-state index in [1.54, 1.807) is 0 Å². The Morgan fingerprint density at radius 2 is 1.90 bits per heavy atom. The van der Waals surface area contributed by atoms with Gasteiger partial charge >= 0.3 is 0 Å². The van der Waals surface area contributed by atoms with Crippen LogP contribution in [0, 0.1) is 5.41 Å². The van der Waals surface area contributed by atoms with Gasteiger partial charge in [0.15, 0.2) is 0 Å². The monoisotopic (exact) mass is 296 g/mol. The van der Waals surface area contributed by atoms with Crippen LogP contribution in [0.3, 0.4) is 0 Å². The first kappa shape index (κ1) is 18.0. The summed E-state index contributed by atoms with van der Waals surface area (Å²) in [4.78, 5) is 26.6. The summed E-state index contributed by atoms with van der Waals surface area (Å²) >= 11 is 0. The average molecular weight is 296 g/mol. The molecule has 0 aromatic rings. The maximum atomic E-state index is 12.8. The fourth-order valence-corrected chi connectivity index (χ4v) is 2.84. The van der Waals surface area contributed by atoms with Crippen molar-refractivity contribution in [2.24, 2.45) is 5.41 Å². The Bertz CT molecular complexity index is 360. The van der Waals surface area contributed by atoms with Gasteiger partial charge in [-0.1, -0.05) is 53.4 Å². The Kier molecular flexibility index (Phi) is 6.69. The molecule has 1 N–H and O–H groups in total. The highest BCUT2D eigenvalue weighted by molar-refractivity contribution is 5.90. The van der Waals surface area contributed by atoms with E-state index in [2.05, 4.69) is 19.2 Å². The van der Waals surface area contributed by atoms with Crippen LogP contribution in [-0.2, 0) is 9.59 Å². The minimum atomic E-state index is -0.411. The molecule has 4 heteroatoms. The average Bonchev–Trinajstić information content (AvgIpc) is 2.54. The number of rotatable bonds is 6. The lowest BCUT2D eigenvalue weighted by Crippen LogP contribution is -2.53. The van der Waals surface area contributed by atoms with Crippen molar-refractivity contribution in [1.82, 2.24) is 10.2 Å². The van der Waals surface area contributed by atoms with Gasteiger partial charge in [-0.05, 0) is 18.8 Å². The highest BCUT2D eigenvalue weighted by atomic mass is 16.2. The first-order chi connectivity index (χ1) is 9.77. The normalized spacial score (nSPS) is 22.0. The van der Waals surface area contributed by atoms with E-state index in [0.29, 0.717) is 13.0 Å². The second-order valence-corrected chi connectivity index (χ2v) is 7.35. The van der Waals surface area contributed by atoms with Crippen molar-refractivity contribution in [2.45, 2.75) is 85.2 Å². The summed E-state index contributed by atoms with van der Waals surface area (Å²) in [5.74, 6) is 0.0697. The molecule has 1 aliphatic rings. The van der Waals surface area contributed by atoms with Crippen LogP contribution < -0.4 is 5.32 Å². The van der Waals surface area contributed by atoms with Crippen LogP contribution in [0.4, 0.5) is 0 Å². The number of hydrogen-bond donors (Lipinski definition) is 1. The third kappa shape index (κ3) is 5.33. The third-order valence-electron chi connectivity index (χ3n) is 4.29. The minimum Gasteiger partial charge on any atom is -0.344 e. The summed E-state index contributed by atoms with van der Waals surface area (Å²) in [6.07, 6.45) is 6.30. The van der Waals surface area contributed by atoms with Crippen LogP contribution in [-0.4, -0.2) is 35.3 Å². The van der Waals surface area contributed by atoms with Gasteiger partial charge in [-0.2, -0.15) is 0 Å². The van der Waals surface area contributed by atoms with Crippen LogP contribution >= 0.6 is 0 Å². The maximum Gasteiger partial charge on any atom is 0.245 e. The van der Waals surface area contributed by atoms with Crippen molar-refractivity contribution < 1.29 is 9.59 Å². The molecule has 122 valence electrons. The fraction of sp³-hybridized carbons (Fsp3) is 0.882. The van der Waals surface area contributed by atoms with E-state index in [1.165, 1.54) is 19.3 Å². The van der Waals surface area contributed by atoms with Crippen LogP contribution in [0.15, 0.2) is 0 Å². The fourth-order valence-electron chi connectivity index (χ4n) is 2.84. The SMILES string of the molecule is CCCCCCC(C)N1CCC(=O)NC(C(C)(C)C)C1=O. The molecule has 1 rings (SSSR count). The van der Waals surface area contributed by atoms with Crippen molar-refractivity contribution in [1.29, 1.82) is 0 Å². The van der Waals surface area contributed by atoms with E-state index >= 15 is 0 Å². The smallest absolute Gasteiger partial charge is 0.245 e. The molecular weight excluding hydrogens is 264 g/mol. The lowest BCUT2D eigenvalue weighted by Gasteiger charge is -2.35. The van der Waals surface area contributed by atoms with E-state index < -0.39 is 6.04 Å². The molecule has 0 spiro atoms. The van der Waals surface area contributed by atoms with Crippen LogP contribution in [0.1, 0.15) is 73.1 Å². The van der Waals surface area contributed by atoms with Crippen LogP contribution in [0.5, 0.6) is 0 Å². The van der Waals surface area contributed by atoms with E-state index in [4.69, 9.17) is 0 Å². The molecule has 1 fully saturated rings. The molecule has 0 saturated carbocycles. The highest BCUT2D eigenvalue weighted by Gasteiger charge is 2.38. The topological polar surface area (TPSA) is 49.4 Å². The molecule has 0 aromatic carbocycles. The Morgan fingerprint density at radius 3 is 2.48 bits per heavy atom. The molecule has 0 aromatic heterocycles. The van der Waals surface area contributed by atoms with Crippen LogP contribution in [0.25, 0.3) is 0 Å². The number of nitrogens with zero attached hydrogens (tertiary/aromatic N) is 1. The Balaban J connectivity index is 2.71. The Labute approximate surface area is 129 Å². The summed E-state index contributed by atoms with van der Waals surface area (Å²) in [5.41, 5.74) is -0.253. The molecule has 0 bridgehead atoms. The summed E-state index contributed by atoms with van der Waals surface area (Å²) in [7, 11) is 0. The largest absolute Gasteiger partial charge is 0.344 e. The zero-order chi connectivity index (χ0) is 16.0. The van der Waals surface area contributed by atoms with Gasteiger partial charge in [-0.15, -0.1) is 0 Å². The van der Waals surface area contributed by atoms with Gasteiger partial charge in [-0.25, -0.2) is 0 Å². The van der Waals surface area contributed by atoms with E-state index in [9.17, 15) is 9.59 Å². The molecule has 1 aliphatic heterocycles. The minimum absolute atomic E-state index is 0.0102. The van der Waals surface area contributed by atoms with Crippen molar-refractivity contribution >= 4 is 11.8 Å². The number of carbonyl (C=O) groups excluding carboxylic acids is 2. The quantitative estimate of drug-likeness (QED) is 0.766. The molecule has 2 amide bonds. The molecule has 1 heterocycles. The molecule has 0 radical (unpaired) electrons. The summed E-state index contributed by atoms with van der Waals surface area (Å²) in [6, 6.07) is -0.197. The summed E-state index contributed by atoms with van der Waals surface area (Å²) < 4.78 is 0. The van der Waals surface area contributed by atoms with E-state index in [0.717, 1.165) is 12.8 Å². The number of carbonyl (C=O) groups is 2. The molecule has 21 heavy (non-hydrogen) atoms. The lowest BCUT2D eigenvalue weighted by atomic mass is 9.85. The molecular formula is C17H32N2O2. The second kappa shape index (κ2) is 7.81. The van der Waals surface area contributed by atoms with Gasteiger partial charge in [0.05, 0.1) is 0 Å². The van der Waals surface area contributed by atoms with E-state index in [1.807, 2.05) is 25.7 Å². The molecule has 1 saturated heterocycles. The van der Waals surface area contributed by atoms with Gasteiger partial charge in [0.1, 0.15) is 6.04 Å². The molecule has 0 aliphatic carbocycles. The number of amides is 2. The van der Waals surface area contributed by atoms with Crippen molar-refractivity contribution in [3.8, 4) is 0 Å². The second-order valence-electron chi connectivity index (χ2n) is 7.35. The Hall–Kier alpha value is -1.06. The molecule has 2 atom stereocenters. The molecule has 4 nitrogen and oxygen atoms in total. The van der Waals surface area contributed by atoms with Gasteiger partial charge in [-0.3, -0.25) is 9.59 Å². The third-order valence-corrected chi connectivity index (χ3v) is 4.29. The molecule has 2 unspecified atom stereocenters. The zero-order valence-corrected chi connectivity index (χ0v) is 14.4. The van der Waals surface area contributed by atoms with Crippen LogP contribution in [0.2, 0.25) is 0 Å². The number of nitrogens with one attached hydrogen (secondary N) is 1. The Morgan fingerprint density at radius 1 is 1.24 bits per heavy atom. The maximum absolute atomic E-state index is 12.8. The van der Waals surface area contributed by atoms with Gasteiger partial charge < -0.3 is 10.2 Å². The standard InChI is InChI=1S/C17H32N2O2/c1-6-7-8-9-10-13(2)19-12-11-14(20)18-15(16(19)21)17(3,4)5/h13,15H,6-12H2,1-5H3,(H,18,20). The summed E-state index contributed by atoms with van der Waals surface area (Å²) in [6.45, 7) is 10.9. The zero-order valence-electron chi connectivity index (χ0n) is 14.4. The van der Waals surface area contributed by atoms with Gasteiger partial charge in [0.25, 0.3) is 0 Å². The van der Waals surface area contributed by atoms with Crippen molar-refractivity contribution in [3.05, 3.63) is 0 Å². The number of hydrogen-bond acceptors (Lipinski definition) is 2. The predicted octanol–water partition coefficient (Wildman–Crippen LogP) is 3.11. The van der Waals surface area contributed by atoms with E-state index in [-0.39, 0.29) is 23.3 Å². The van der Waals surface area contributed by atoms with Gasteiger partial charge in [0, 0.05) is 19.0 Å². The van der Waals surface area contributed by atoms with Gasteiger partial charge in [0.2, 0.25) is 11.8 Å². The number of unbranched alkanes of at least 4 members (excludes halogenated alkanes) is 3. The van der Waals surface area contributed by atoms with Crippen molar-refractivity contribution in [3.63, 3.8) is 0 Å². The first-order valence-corrected chi connectivity index (χ1v) is 8.37. The predicted molar refractivity (Wildman–Crippen MR) is 85.9 cm³/mol. The van der Waals surface area contributed by atoms with Crippen molar-refractivity contribution in [2.75, 3.05) is 6.54 Å². The highest BCUT2D eigenvalue weighted by Crippen LogP contribution is 2.25.